The molecule has 0 heterocycles. The van der Waals surface area contributed by atoms with Gasteiger partial charge in [0.2, 0.25) is 0 Å². The van der Waals surface area contributed by atoms with Gasteiger partial charge in [-0.3, -0.25) is 0 Å². The van der Waals surface area contributed by atoms with Crippen LogP contribution in [0.3, 0.4) is 0 Å². The second-order valence-electron chi connectivity index (χ2n) is 4.16. The number of aryl methyl sites for hydroxylation is 2. The molecule has 2 heteroatoms. The van der Waals surface area contributed by atoms with E-state index in [1.54, 1.807) is 14.2 Å². The number of rotatable bonds is 5. The standard InChI is InChI=1S/C16H18O2/c1-17-15-11-8-13(9-12-15)7-10-14-5-3-4-6-16(14)18-2/h3-6,8-9,11-12H,7,10H2,1-2H3. The van der Waals surface area contributed by atoms with E-state index in [1.165, 1.54) is 11.1 Å². The smallest absolute Gasteiger partial charge is 0.122 e. The summed E-state index contributed by atoms with van der Waals surface area (Å²) in [6, 6.07) is 16.4. The molecule has 0 aliphatic carbocycles. The highest BCUT2D eigenvalue weighted by Gasteiger charge is 2.02. The summed E-state index contributed by atoms with van der Waals surface area (Å²) in [5.74, 6) is 1.86. The molecule has 18 heavy (non-hydrogen) atoms. The van der Waals surface area contributed by atoms with Crippen LogP contribution in [0, 0.1) is 0 Å². The molecule has 2 rings (SSSR count). The van der Waals surface area contributed by atoms with Crippen LogP contribution in [0.2, 0.25) is 0 Å². The highest BCUT2D eigenvalue weighted by molar-refractivity contribution is 5.34. The van der Waals surface area contributed by atoms with Crippen molar-refractivity contribution in [2.75, 3.05) is 14.2 Å². The van der Waals surface area contributed by atoms with E-state index in [0.29, 0.717) is 0 Å². The Morgan fingerprint density at radius 3 is 2.17 bits per heavy atom. The molecule has 2 aromatic rings. The molecule has 0 amide bonds. The van der Waals surface area contributed by atoms with E-state index in [9.17, 15) is 0 Å². The van der Waals surface area contributed by atoms with Gasteiger partial charge in [0.15, 0.2) is 0 Å². The van der Waals surface area contributed by atoms with Crippen molar-refractivity contribution in [1.82, 2.24) is 0 Å². The molecule has 0 bridgehead atoms. The average Bonchev–Trinajstić information content (AvgIpc) is 2.46. The molecule has 0 aromatic heterocycles. The number of methoxy groups -OCH3 is 2. The zero-order chi connectivity index (χ0) is 12.8. The number of ether oxygens (including phenoxy) is 2. The molecule has 0 atom stereocenters. The third-order valence-electron chi connectivity index (χ3n) is 3.03. The topological polar surface area (TPSA) is 18.5 Å². The molecule has 0 radical (unpaired) electrons. The van der Waals surface area contributed by atoms with Gasteiger partial charge in [0.1, 0.15) is 11.5 Å². The minimum Gasteiger partial charge on any atom is -0.497 e. The maximum Gasteiger partial charge on any atom is 0.122 e. The molecule has 0 N–H and O–H groups in total. The van der Waals surface area contributed by atoms with Gasteiger partial charge < -0.3 is 9.47 Å². The van der Waals surface area contributed by atoms with Crippen LogP contribution in [0.15, 0.2) is 48.5 Å². The van der Waals surface area contributed by atoms with E-state index in [-0.39, 0.29) is 0 Å². The highest BCUT2D eigenvalue weighted by Crippen LogP contribution is 2.20. The Kier molecular flexibility index (Phi) is 4.24. The monoisotopic (exact) mass is 242 g/mol. The maximum absolute atomic E-state index is 5.35. The number of benzene rings is 2. The average molecular weight is 242 g/mol. The lowest BCUT2D eigenvalue weighted by Crippen LogP contribution is -1.95. The second kappa shape index (κ2) is 6.10. The molecule has 0 spiro atoms. The number of hydrogen-bond acceptors (Lipinski definition) is 2. The van der Waals surface area contributed by atoms with Crippen LogP contribution >= 0.6 is 0 Å². The third kappa shape index (κ3) is 3.04. The van der Waals surface area contributed by atoms with Crippen LogP contribution in [-0.2, 0) is 12.8 Å². The van der Waals surface area contributed by atoms with E-state index in [1.807, 2.05) is 30.3 Å². The van der Waals surface area contributed by atoms with E-state index in [0.717, 1.165) is 24.3 Å². The molecular formula is C16H18O2. The summed E-state index contributed by atoms with van der Waals surface area (Å²) in [4.78, 5) is 0. The van der Waals surface area contributed by atoms with Crippen molar-refractivity contribution in [3.8, 4) is 11.5 Å². The molecule has 0 aliphatic heterocycles. The summed E-state index contributed by atoms with van der Waals surface area (Å²) < 4.78 is 10.5. The van der Waals surface area contributed by atoms with E-state index in [2.05, 4.69) is 18.2 Å². The lowest BCUT2D eigenvalue weighted by molar-refractivity contribution is 0.409. The Morgan fingerprint density at radius 1 is 0.778 bits per heavy atom. The Hall–Kier alpha value is -1.96. The predicted molar refractivity (Wildman–Crippen MR) is 73.4 cm³/mol. The van der Waals surface area contributed by atoms with Gasteiger partial charge >= 0.3 is 0 Å². The van der Waals surface area contributed by atoms with Crippen LogP contribution in [0.4, 0.5) is 0 Å². The van der Waals surface area contributed by atoms with Crippen LogP contribution in [0.1, 0.15) is 11.1 Å². The fourth-order valence-electron chi connectivity index (χ4n) is 1.98. The van der Waals surface area contributed by atoms with E-state index in [4.69, 9.17) is 9.47 Å². The Bertz CT molecular complexity index is 489. The van der Waals surface area contributed by atoms with Gasteiger partial charge in [-0.2, -0.15) is 0 Å². The van der Waals surface area contributed by atoms with Crippen LogP contribution in [-0.4, -0.2) is 14.2 Å². The first kappa shape index (κ1) is 12.5. The van der Waals surface area contributed by atoms with Crippen molar-refractivity contribution in [3.05, 3.63) is 59.7 Å². The minimum atomic E-state index is 0.899. The molecule has 0 saturated carbocycles. The van der Waals surface area contributed by atoms with E-state index < -0.39 is 0 Å². The molecular weight excluding hydrogens is 224 g/mol. The number of hydrogen-bond donors (Lipinski definition) is 0. The largest absolute Gasteiger partial charge is 0.497 e. The molecule has 0 fully saturated rings. The SMILES string of the molecule is COc1ccc(CCc2ccccc2OC)cc1. The predicted octanol–water partition coefficient (Wildman–Crippen LogP) is 3.49. The van der Waals surface area contributed by atoms with Gasteiger partial charge in [0.25, 0.3) is 0 Å². The highest BCUT2D eigenvalue weighted by atomic mass is 16.5. The molecule has 0 unspecified atom stereocenters. The lowest BCUT2D eigenvalue weighted by atomic mass is 10.0. The first-order chi connectivity index (χ1) is 8.83. The van der Waals surface area contributed by atoms with Crippen molar-refractivity contribution in [2.24, 2.45) is 0 Å². The van der Waals surface area contributed by atoms with Gasteiger partial charge in [0, 0.05) is 0 Å². The first-order valence-corrected chi connectivity index (χ1v) is 6.08. The Balaban J connectivity index is 2.02. The third-order valence-corrected chi connectivity index (χ3v) is 3.03. The fourth-order valence-corrected chi connectivity index (χ4v) is 1.98. The summed E-state index contributed by atoms with van der Waals surface area (Å²) >= 11 is 0. The van der Waals surface area contributed by atoms with Gasteiger partial charge in [-0.1, -0.05) is 30.3 Å². The normalized spacial score (nSPS) is 10.1. The molecule has 2 aromatic carbocycles. The molecule has 0 aliphatic rings. The van der Waals surface area contributed by atoms with Gasteiger partial charge in [-0.05, 0) is 42.2 Å². The molecule has 0 saturated heterocycles. The summed E-state index contributed by atoms with van der Waals surface area (Å²) in [7, 11) is 3.40. The maximum atomic E-state index is 5.35. The molecule has 94 valence electrons. The lowest BCUT2D eigenvalue weighted by Gasteiger charge is -2.08. The summed E-state index contributed by atoms with van der Waals surface area (Å²) in [5.41, 5.74) is 2.55. The fraction of sp³-hybridized carbons (Fsp3) is 0.250. The van der Waals surface area contributed by atoms with E-state index >= 15 is 0 Å². The summed E-state index contributed by atoms with van der Waals surface area (Å²) in [6.07, 6.45) is 1.99. The van der Waals surface area contributed by atoms with Crippen LogP contribution in [0.5, 0.6) is 11.5 Å². The van der Waals surface area contributed by atoms with Gasteiger partial charge in [0.05, 0.1) is 14.2 Å². The summed E-state index contributed by atoms with van der Waals surface area (Å²) in [5, 5.41) is 0. The van der Waals surface area contributed by atoms with Crippen LogP contribution < -0.4 is 9.47 Å². The summed E-state index contributed by atoms with van der Waals surface area (Å²) in [6.45, 7) is 0. The zero-order valence-electron chi connectivity index (χ0n) is 10.8. The van der Waals surface area contributed by atoms with Gasteiger partial charge in [-0.15, -0.1) is 0 Å². The van der Waals surface area contributed by atoms with Crippen LogP contribution in [0.25, 0.3) is 0 Å². The first-order valence-electron chi connectivity index (χ1n) is 6.08. The van der Waals surface area contributed by atoms with Crippen molar-refractivity contribution in [3.63, 3.8) is 0 Å². The van der Waals surface area contributed by atoms with Crippen molar-refractivity contribution in [1.29, 1.82) is 0 Å². The second-order valence-corrected chi connectivity index (χ2v) is 4.16. The van der Waals surface area contributed by atoms with Gasteiger partial charge in [-0.25, -0.2) is 0 Å². The Labute approximate surface area is 108 Å². The Morgan fingerprint density at radius 2 is 1.50 bits per heavy atom. The zero-order valence-corrected chi connectivity index (χ0v) is 10.8. The van der Waals surface area contributed by atoms with Crippen molar-refractivity contribution >= 4 is 0 Å². The minimum absolute atomic E-state index is 0.899. The van der Waals surface area contributed by atoms with Crippen molar-refractivity contribution < 1.29 is 9.47 Å². The molecule has 2 nitrogen and oxygen atoms in total. The number of para-hydroxylation sites is 1. The van der Waals surface area contributed by atoms with Crippen molar-refractivity contribution in [2.45, 2.75) is 12.8 Å². The quantitative estimate of drug-likeness (QED) is 0.799.